The van der Waals surface area contributed by atoms with E-state index >= 15 is 0 Å². The van der Waals surface area contributed by atoms with Gasteiger partial charge in [0.15, 0.2) is 0 Å². The van der Waals surface area contributed by atoms with Crippen molar-refractivity contribution in [3.63, 3.8) is 0 Å². The van der Waals surface area contributed by atoms with Gasteiger partial charge in [-0.25, -0.2) is 0 Å². The average Bonchev–Trinajstić information content (AvgIpc) is 2.39. The number of unbranched alkanes of at least 4 members (excludes halogenated alkanes) is 3. The van der Waals surface area contributed by atoms with Gasteiger partial charge >= 0.3 is 0 Å². The number of aliphatic hydroxyl groups excluding tert-OH is 3. The first-order valence-electron chi connectivity index (χ1n) is 7.42. The highest BCUT2D eigenvalue weighted by molar-refractivity contribution is 4.49. The zero-order valence-corrected chi connectivity index (χ0v) is 12.4. The number of nitrogens with zero attached hydrogens (tertiary/aromatic N) is 1. The van der Waals surface area contributed by atoms with Crippen molar-refractivity contribution in [3.8, 4) is 0 Å². The molecule has 19 heavy (non-hydrogen) atoms. The van der Waals surface area contributed by atoms with Crippen LogP contribution in [-0.2, 0) is 0 Å². The molecular formula is C14H33NO4. The first kappa shape index (κ1) is 21.1. The van der Waals surface area contributed by atoms with E-state index < -0.39 is 0 Å². The van der Waals surface area contributed by atoms with E-state index in [-0.39, 0.29) is 25.3 Å². The minimum Gasteiger partial charge on any atom is -0.870 e. The van der Waals surface area contributed by atoms with E-state index in [1.807, 2.05) is 0 Å². The van der Waals surface area contributed by atoms with Crippen molar-refractivity contribution >= 4 is 0 Å². The van der Waals surface area contributed by atoms with Crippen LogP contribution in [0.3, 0.4) is 0 Å². The number of rotatable bonds is 13. The summed E-state index contributed by atoms with van der Waals surface area (Å²) >= 11 is 0. The highest BCUT2D eigenvalue weighted by atomic mass is 16.3. The number of quaternary nitrogens is 1. The Morgan fingerprint density at radius 1 is 0.632 bits per heavy atom. The maximum absolute atomic E-state index is 8.89. The predicted molar refractivity (Wildman–Crippen MR) is 76.3 cm³/mol. The maximum atomic E-state index is 8.89. The monoisotopic (exact) mass is 279 g/mol. The normalized spacial score (nSPS) is 11.4. The van der Waals surface area contributed by atoms with E-state index in [4.69, 9.17) is 15.3 Å². The molecule has 0 aromatic carbocycles. The van der Waals surface area contributed by atoms with Crippen LogP contribution in [0.25, 0.3) is 0 Å². The number of hydrogen-bond donors (Lipinski definition) is 3. The van der Waals surface area contributed by atoms with Gasteiger partial charge in [-0.05, 0) is 45.4 Å². The van der Waals surface area contributed by atoms with E-state index in [2.05, 4.69) is 6.92 Å². The average molecular weight is 279 g/mol. The third-order valence-corrected chi connectivity index (χ3v) is 3.79. The standard InChI is InChI=1S/C14H32NO3.H2O/c1-2-15(9-3-6-12-16,10-4-7-13-17)11-5-8-14-18;/h16-18H,2-14H2,1H3;1H2/q+1;/p-1. The second kappa shape index (κ2) is 14.2. The van der Waals surface area contributed by atoms with Crippen LogP contribution in [0.4, 0.5) is 0 Å². The molecule has 0 atom stereocenters. The van der Waals surface area contributed by atoms with E-state index in [9.17, 15) is 0 Å². The summed E-state index contributed by atoms with van der Waals surface area (Å²) in [6.45, 7) is 7.46. The van der Waals surface area contributed by atoms with E-state index in [1.54, 1.807) is 0 Å². The fraction of sp³-hybridized carbons (Fsp3) is 1.00. The molecule has 0 bridgehead atoms. The number of aliphatic hydroxyl groups is 3. The summed E-state index contributed by atoms with van der Waals surface area (Å²) in [4.78, 5) is 0. The highest BCUT2D eigenvalue weighted by Gasteiger charge is 2.23. The minimum absolute atomic E-state index is 0. The molecule has 0 aliphatic heterocycles. The third kappa shape index (κ3) is 10.3. The van der Waals surface area contributed by atoms with Crippen LogP contribution in [-0.4, -0.2) is 71.3 Å². The Kier molecular flexibility index (Phi) is 15.8. The molecule has 0 aliphatic carbocycles. The van der Waals surface area contributed by atoms with Crippen molar-refractivity contribution in [2.24, 2.45) is 0 Å². The van der Waals surface area contributed by atoms with Gasteiger partial charge in [0, 0.05) is 19.8 Å². The molecule has 0 fully saturated rings. The first-order valence-corrected chi connectivity index (χ1v) is 7.42. The molecule has 0 rings (SSSR count). The molecule has 0 heterocycles. The summed E-state index contributed by atoms with van der Waals surface area (Å²) in [5, 5.41) is 26.7. The summed E-state index contributed by atoms with van der Waals surface area (Å²) in [6.07, 6.45) is 5.80. The van der Waals surface area contributed by atoms with Gasteiger partial charge < -0.3 is 25.3 Å². The summed E-state index contributed by atoms with van der Waals surface area (Å²) < 4.78 is 1.07. The fourth-order valence-electron chi connectivity index (χ4n) is 2.49. The molecule has 0 unspecified atom stereocenters. The molecule has 5 heteroatoms. The molecule has 0 amide bonds. The minimum atomic E-state index is 0. The van der Waals surface area contributed by atoms with Crippen LogP contribution in [0.1, 0.15) is 45.4 Å². The van der Waals surface area contributed by atoms with Gasteiger partial charge in [-0.3, -0.25) is 0 Å². The third-order valence-electron chi connectivity index (χ3n) is 3.79. The van der Waals surface area contributed by atoms with Crippen molar-refractivity contribution < 1.29 is 25.3 Å². The molecule has 0 radical (unpaired) electrons. The molecule has 5 nitrogen and oxygen atoms in total. The lowest BCUT2D eigenvalue weighted by Gasteiger charge is -2.38. The Labute approximate surface area is 117 Å². The quantitative estimate of drug-likeness (QED) is 0.346. The van der Waals surface area contributed by atoms with Crippen molar-refractivity contribution in [2.75, 3.05) is 46.0 Å². The topological polar surface area (TPSA) is 90.7 Å². The second-order valence-corrected chi connectivity index (χ2v) is 5.12. The van der Waals surface area contributed by atoms with Crippen LogP contribution in [0.5, 0.6) is 0 Å². The van der Waals surface area contributed by atoms with Crippen LogP contribution in [0.2, 0.25) is 0 Å². The van der Waals surface area contributed by atoms with Gasteiger partial charge in [0.25, 0.3) is 0 Å². The van der Waals surface area contributed by atoms with Gasteiger partial charge in [-0.2, -0.15) is 0 Å². The molecule has 0 aromatic rings. The zero-order chi connectivity index (χ0) is 13.7. The SMILES string of the molecule is CC[N+](CCCCO)(CCCCO)CCCCO.[OH-]. The van der Waals surface area contributed by atoms with E-state index in [0.29, 0.717) is 0 Å². The molecule has 0 saturated carbocycles. The summed E-state index contributed by atoms with van der Waals surface area (Å²) in [5.41, 5.74) is 0. The second-order valence-electron chi connectivity index (χ2n) is 5.12. The van der Waals surface area contributed by atoms with Crippen LogP contribution in [0, 0.1) is 0 Å². The lowest BCUT2D eigenvalue weighted by Crippen LogP contribution is -2.50. The van der Waals surface area contributed by atoms with Crippen molar-refractivity contribution in [2.45, 2.75) is 45.4 Å². The van der Waals surface area contributed by atoms with Crippen molar-refractivity contribution in [1.82, 2.24) is 0 Å². The smallest absolute Gasteiger partial charge is 0.0787 e. The predicted octanol–water partition coefficient (Wildman–Crippen LogP) is 0.964. The lowest BCUT2D eigenvalue weighted by atomic mass is 10.1. The summed E-state index contributed by atoms with van der Waals surface area (Å²) in [6, 6.07) is 0. The van der Waals surface area contributed by atoms with Crippen LogP contribution < -0.4 is 0 Å². The molecular weight excluding hydrogens is 246 g/mol. The zero-order valence-electron chi connectivity index (χ0n) is 12.4. The van der Waals surface area contributed by atoms with Gasteiger partial charge in [0.2, 0.25) is 0 Å². The Morgan fingerprint density at radius 2 is 0.947 bits per heavy atom. The van der Waals surface area contributed by atoms with Crippen LogP contribution in [0.15, 0.2) is 0 Å². The molecule has 0 spiro atoms. The van der Waals surface area contributed by atoms with Gasteiger partial charge in [-0.15, -0.1) is 0 Å². The lowest BCUT2D eigenvalue weighted by molar-refractivity contribution is -0.927. The fourth-order valence-corrected chi connectivity index (χ4v) is 2.49. The van der Waals surface area contributed by atoms with Gasteiger partial charge in [-0.1, -0.05) is 0 Å². The van der Waals surface area contributed by atoms with Gasteiger partial charge in [0.05, 0.1) is 26.2 Å². The Balaban J connectivity index is 0. The summed E-state index contributed by atoms with van der Waals surface area (Å²) in [7, 11) is 0. The van der Waals surface area contributed by atoms with E-state index in [1.165, 1.54) is 0 Å². The highest BCUT2D eigenvalue weighted by Crippen LogP contribution is 2.14. The summed E-state index contributed by atoms with van der Waals surface area (Å²) in [5.74, 6) is 0. The largest absolute Gasteiger partial charge is 0.870 e. The van der Waals surface area contributed by atoms with E-state index in [0.717, 1.165) is 69.2 Å². The van der Waals surface area contributed by atoms with Crippen molar-refractivity contribution in [3.05, 3.63) is 0 Å². The Morgan fingerprint density at radius 3 is 1.16 bits per heavy atom. The van der Waals surface area contributed by atoms with Crippen molar-refractivity contribution in [1.29, 1.82) is 0 Å². The van der Waals surface area contributed by atoms with Crippen LogP contribution >= 0.6 is 0 Å². The molecule has 0 aromatic heterocycles. The molecule has 118 valence electrons. The number of hydrogen-bond acceptors (Lipinski definition) is 4. The first-order chi connectivity index (χ1) is 8.74. The Bertz CT molecular complexity index is 152. The molecule has 0 aliphatic rings. The molecule has 0 saturated heterocycles. The van der Waals surface area contributed by atoms with Gasteiger partial charge in [0.1, 0.15) is 0 Å². The maximum Gasteiger partial charge on any atom is 0.0787 e. The molecule has 4 N–H and O–H groups in total. The Hall–Kier alpha value is -0.200.